The van der Waals surface area contributed by atoms with Crippen LogP contribution in [0.2, 0.25) is 0 Å². The number of rotatable bonds is 4. The van der Waals surface area contributed by atoms with Gasteiger partial charge in [0.15, 0.2) is 5.58 Å². The largest absolute Gasteiger partial charge is 0.423 e. The number of hydrogen-bond acceptors (Lipinski definition) is 5. The lowest BCUT2D eigenvalue weighted by Gasteiger charge is -2.34. The van der Waals surface area contributed by atoms with Gasteiger partial charge in [0.2, 0.25) is 0 Å². The van der Waals surface area contributed by atoms with Crippen LogP contribution < -0.4 is 10.6 Å². The minimum Gasteiger partial charge on any atom is -0.423 e. The molecule has 22 heavy (non-hydrogen) atoms. The molecule has 120 valence electrons. The number of aryl methyl sites for hydroxylation is 2. The van der Waals surface area contributed by atoms with E-state index in [0.29, 0.717) is 0 Å². The second-order valence-electron chi connectivity index (χ2n) is 6.38. The molecule has 1 atom stereocenters. The Labute approximate surface area is 132 Å². The summed E-state index contributed by atoms with van der Waals surface area (Å²) in [6.07, 6.45) is 1.03. The first-order valence-corrected chi connectivity index (χ1v) is 8.17. The standard InChI is InChI=1S/C17H26N4O/c1-4-14(18)11-20-5-7-21(8-6-20)17-19-15-10-12(2)9-13(3)16(15)22-17/h9-10,14H,4-8,11,18H2,1-3H3. The molecule has 1 aliphatic rings. The van der Waals surface area contributed by atoms with E-state index < -0.39 is 0 Å². The molecular weight excluding hydrogens is 276 g/mol. The molecule has 1 unspecified atom stereocenters. The molecule has 0 saturated carbocycles. The van der Waals surface area contributed by atoms with E-state index in [2.05, 4.69) is 47.7 Å². The molecular formula is C17H26N4O. The summed E-state index contributed by atoms with van der Waals surface area (Å²) < 4.78 is 6.00. The second kappa shape index (κ2) is 6.26. The number of oxazole rings is 1. The fraction of sp³-hybridized carbons (Fsp3) is 0.588. The van der Waals surface area contributed by atoms with Crippen molar-refractivity contribution in [2.75, 3.05) is 37.6 Å². The summed E-state index contributed by atoms with van der Waals surface area (Å²) in [7, 11) is 0. The minimum atomic E-state index is 0.279. The van der Waals surface area contributed by atoms with Crippen molar-refractivity contribution in [2.45, 2.75) is 33.2 Å². The quantitative estimate of drug-likeness (QED) is 0.939. The molecule has 3 rings (SSSR count). The molecule has 0 bridgehead atoms. The molecule has 1 aromatic heterocycles. The van der Waals surface area contributed by atoms with Gasteiger partial charge in [-0.2, -0.15) is 4.98 Å². The average molecular weight is 302 g/mol. The Balaban J connectivity index is 1.70. The van der Waals surface area contributed by atoms with Crippen molar-refractivity contribution in [2.24, 2.45) is 5.73 Å². The molecule has 0 spiro atoms. The maximum atomic E-state index is 6.05. The zero-order valence-corrected chi connectivity index (χ0v) is 13.8. The Morgan fingerprint density at radius 1 is 1.23 bits per heavy atom. The van der Waals surface area contributed by atoms with E-state index in [1.165, 1.54) is 5.56 Å². The zero-order valence-electron chi connectivity index (χ0n) is 13.8. The normalized spacial score (nSPS) is 18.1. The summed E-state index contributed by atoms with van der Waals surface area (Å²) in [5.74, 6) is 0. The molecule has 0 aliphatic carbocycles. The van der Waals surface area contributed by atoms with E-state index in [0.717, 1.165) is 61.8 Å². The molecule has 1 saturated heterocycles. The fourth-order valence-electron chi connectivity index (χ4n) is 3.08. The summed E-state index contributed by atoms with van der Waals surface area (Å²) in [5.41, 5.74) is 10.3. The molecule has 0 amide bonds. The van der Waals surface area contributed by atoms with Gasteiger partial charge in [0.05, 0.1) is 0 Å². The number of nitrogens with zero attached hydrogens (tertiary/aromatic N) is 3. The molecule has 2 heterocycles. The van der Waals surface area contributed by atoms with E-state index >= 15 is 0 Å². The second-order valence-corrected chi connectivity index (χ2v) is 6.38. The minimum absolute atomic E-state index is 0.279. The monoisotopic (exact) mass is 302 g/mol. The first kappa shape index (κ1) is 15.3. The van der Waals surface area contributed by atoms with Crippen molar-refractivity contribution in [3.8, 4) is 0 Å². The fourth-order valence-corrected chi connectivity index (χ4v) is 3.08. The van der Waals surface area contributed by atoms with Crippen LogP contribution in [0, 0.1) is 13.8 Å². The van der Waals surface area contributed by atoms with E-state index in [1.54, 1.807) is 0 Å². The van der Waals surface area contributed by atoms with Gasteiger partial charge in [-0.05, 0) is 37.5 Å². The number of fused-ring (bicyclic) bond motifs is 1. The van der Waals surface area contributed by atoms with E-state index in [9.17, 15) is 0 Å². The zero-order chi connectivity index (χ0) is 15.7. The number of benzene rings is 1. The lowest BCUT2D eigenvalue weighted by atomic mass is 10.1. The third kappa shape index (κ3) is 3.10. The lowest BCUT2D eigenvalue weighted by Crippen LogP contribution is -2.49. The molecule has 1 fully saturated rings. The summed E-state index contributed by atoms with van der Waals surface area (Å²) in [6, 6.07) is 5.26. The van der Waals surface area contributed by atoms with Crippen LogP contribution >= 0.6 is 0 Å². The Morgan fingerprint density at radius 3 is 2.64 bits per heavy atom. The molecule has 0 radical (unpaired) electrons. The SMILES string of the molecule is CCC(N)CN1CCN(c2nc3cc(C)cc(C)c3o2)CC1. The van der Waals surface area contributed by atoms with Crippen molar-refractivity contribution in [3.63, 3.8) is 0 Å². The van der Waals surface area contributed by atoms with Gasteiger partial charge in [-0.1, -0.05) is 13.0 Å². The van der Waals surface area contributed by atoms with Crippen LogP contribution in [0.25, 0.3) is 11.1 Å². The summed E-state index contributed by atoms with van der Waals surface area (Å²) >= 11 is 0. The van der Waals surface area contributed by atoms with Gasteiger partial charge in [0.1, 0.15) is 5.52 Å². The number of piperazine rings is 1. The number of anilines is 1. The van der Waals surface area contributed by atoms with Gasteiger partial charge in [0, 0.05) is 38.8 Å². The van der Waals surface area contributed by atoms with Crippen LogP contribution in [0.15, 0.2) is 16.5 Å². The summed E-state index contributed by atoms with van der Waals surface area (Å²) in [6.45, 7) is 11.2. The lowest BCUT2D eigenvalue weighted by molar-refractivity contribution is 0.237. The van der Waals surface area contributed by atoms with Crippen molar-refractivity contribution in [1.29, 1.82) is 0 Å². The van der Waals surface area contributed by atoms with Crippen LogP contribution in [0.1, 0.15) is 24.5 Å². The highest BCUT2D eigenvalue weighted by Gasteiger charge is 2.22. The first-order valence-electron chi connectivity index (χ1n) is 8.17. The van der Waals surface area contributed by atoms with Gasteiger partial charge in [-0.25, -0.2) is 0 Å². The highest BCUT2D eigenvalue weighted by molar-refractivity contribution is 5.78. The van der Waals surface area contributed by atoms with Gasteiger partial charge in [0.25, 0.3) is 6.01 Å². The van der Waals surface area contributed by atoms with Crippen molar-refractivity contribution in [1.82, 2.24) is 9.88 Å². The highest BCUT2D eigenvalue weighted by atomic mass is 16.4. The predicted octanol–water partition coefficient (Wildman–Crippen LogP) is 2.30. The third-order valence-corrected chi connectivity index (χ3v) is 4.47. The van der Waals surface area contributed by atoms with Crippen LogP contribution in [0.3, 0.4) is 0 Å². The van der Waals surface area contributed by atoms with Crippen LogP contribution in [-0.2, 0) is 0 Å². The van der Waals surface area contributed by atoms with Gasteiger partial charge >= 0.3 is 0 Å². The molecule has 1 aliphatic heterocycles. The molecule has 2 N–H and O–H groups in total. The van der Waals surface area contributed by atoms with E-state index in [4.69, 9.17) is 10.2 Å². The molecule has 5 nitrogen and oxygen atoms in total. The number of hydrogen-bond donors (Lipinski definition) is 1. The Morgan fingerprint density at radius 2 is 1.95 bits per heavy atom. The van der Waals surface area contributed by atoms with Crippen LogP contribution in [0.4, 0.5) is 6.01 Å². The van der Waals surface area contributed by atoms with E-state index in [-0.39, 0.29) is 6.04 Å². The summed E-state index contributed by atoms with van der Waals surface area (Å²) in [5, 5.41) is 0. The van der Waals surface area contributed by atoms with Crippen molar-refractivity contribution >= 4 is 17.1 Å². The first-order chi connectivity index (χ1) is 10.6. The Hall–Kier alpha value is -1.59. The van der Waals surface area contributed by atoms with Crippen molar-refractivity contribution in [3.05, 3.63) is 23.3 Å². The van der Waals surface area contributed by atoms with Crippen molar-refractivity contribution < 1.29 is 4.42 Å². The van der Waals surface area contributed by atoms with Crippen LogP contribution in [-0.4, -0.2) is 48.6 Å². The third-order valence-electron chi connectivity index (χ3n) is 4.47. The smallest absolute Gasteiger partial charge is 0.298 e. The Bertz CT molecular complexity index is 643. The summed E-state index contributed by atoms with van der Waals surface area (Å²) in [4.78, 5) is 9.35. The maximum absolute atomic E-state index is 6.05. The van der Waals surface area contributed by atoms with Crippen LogP contribution in [0.5, 0.6) is 0 Å². The highest BCUT2D eigenvalue weighted by Crippen LogP contribution is 2.26. The average Bonchev–Trinajstić information content (AvgIpc) is 2.92. The number of nitrogens with two attached hydrogens (primary N) is 1. The molecule has 1 aromatic carbocycles. The van der Waals surface area contributed by atoms with Gasteiger partial charge in [-0.3, -0.25) is 4.90 Å². The topological polar surface area (TPSA) is 58.5 Å². The Kier molecular flexibility index (Phi) is 4.36. The van der Waals surface area contributed by atoms with E-state index in [1.807, 2.05) is 0 Å². The van der Waals surface area contributed by atoms with Gasteiger partial charge < -0.3 is 15.1 Å². The van der Waals surface area contributed by atoms with Gasteiger partial charge in [-0.15, -0.1) is 0 Å². The number of aromatic nitrogens is 1. The maximum Gasteiger partial charge on any atom is 0.298 e. The molecule has 2 aromatic rings. The predicted molar refractivity (Wildman–Crippen MR) is 90.4 cm³/mol. The molecule has 5 heteroatoms.